The molecule has 4 N–H and O–H groups in total. The molecule has 0 fully saturated rings. The van der Waals surface area contributed by atoms with E-state index in [2.05, 4.69) is 5.32 Å². The first kappa shape index (κ1) is 25.7. The van der Waals surface area contributed by atoms with E-state index in [4.69, 9.17) is 22.3 Å². The van der Waals surface area contributed by atoms with Crippen LogP contribution in [0.15, 0.2) is 89.2 Å². The van der Waals surface area contributed by atoms with Gasteiger partial charge in [0.25, 0.3) is 0 Å². The zero-order valence-corrected chi connectivity index (χ0v) is 21.4. The number of phenolic OH excluding ortho intramolecular Hbond substituents is 1. The molecule has 0 aliphatic heterocycles. The normalized spacial score (nSPS) is 12.4. The lowest BCUT2D eigenvalue weighted by atomic mass is 10.0. The standard InChI is InChI=1S/C28H29ClN4O2S/c29-22-12-10-21(11-13-22)26-19-36-28(32-23-6-2-1-3-7-23)33(26)25(27(35)31-17-5-4-16-30)18-20-8-14-24(34)15-9-20/h1-3,6-15,19,25,34H,4-5,16-18,30H2,(H,31,35)/t25-/m0/s1. The summed E-state index contributed by atoms with van der Waals surface area (Å²) in [6.07, 6.45) is 2.09. The van der Waals surface area contributed by atoms with Gasteiger partial charge in [-0.25, -0.2) is 4.99 Å². The third kappa shape index (κ3) is 6.63. The van der Waals surface area contributed by atoms with Crippen molar-refractivity contribution in [3.63, 3.8) is 0 Å². The highest BCUT2D eigenvalue weighted by Gasteiger charge is 2.25. The van der Waals surface area contributed by atoms with E-state index < -0.39 is 6.04 Å². The lowest BCUT2D eigenvalue weighted by Crippen LogP contribution is -2.38. The quantitative estimate of drug-likeness (QED) is 0.243. The Morgan fingerprint density at radius 3 is 2.44 bits per heavy atom. The Labute approximate surface area is 219 Å². The first-order chi connectivity index (χ1) is 17.5. The number of nitrogens with zero attached hydrogens (tertiary/aromatic N) is 2. The van der Waals surface area contributed by atoms with Gasteiger partial charge in [0.05, 0.1) is 11.4 Å². The van der Waals surface area contributed by atoms with Crippen molar-refractivity contribution in [1.82, 2.24) is 9.88 Å². The van der Waals surface area contributed by atoms with E-state index in [9.17, 15) is 9.90 Å². The Bertz CT molecular complexity index is 1330. The molecule has 1 aromatic heterocycles. The van der Waals surface area contributed by atoms with Crippen molar-refractivity contribution in [3.8, 4) is 17.0 Å². The van der Waals surface area contributed by atoms with E-state index >= 15 is 0 Å². The van der Waals surface area contributed by atoms with Crippen LogP contribution in [0.4, 0.5) is 5.69 Å². The highest BCUT2D eigenvalue weighted by atomic mass is 35.5. The van der Waals surface area contributed by atoms with Gasteiger partial charge in [-0.2, -0.15) is 0 Å². The predicted molar refractivity (Wildman–Crippen MR) is 147 cm³/mol. The molecule has 0 aliphatic carbocycles. The van der Waals surface area contributed by atoms with Crippen LogP contribution in [-0.2, 0) is 11.2 Å². The fourth-order valence-corrected chi connectivity index (χ4v) is 4.99. The summed E-state index contributed by atoms with van der Waals surface area (Å²) in [6, 6.07) is 23.7. The van der Waals surface area contributed by atoms with Crippen LogP contribution in [0.25, 0.3) is 11.3 Å². The lowest BCUT2D eigenvalue weighted by Gasteiger charge is -2.22. The molecular weight excluding hydrogens is 492 g/mol. The van der Waals surface area contributed by atoms with Gasteiger partial charge in [-0.3, -0.25) is 4.79 Å². The molecule has 0 aliphatic rings. The summed E-state index contributed by atoms with van der Waals surface area (Å²) >= 11 is 7.64. The zero-order chi connectivity index (χ0) is 25.3. The van der Waals surface area contributed by atoms with Gasteiger partial charge in [-0.1, -0.05) is 54.1 Å². The van der Waals surface area contributed by atoms with Gasteiger partial charge in [0.15, 0.2) is 4.80 Å². The number of carbonyl (C=O) groups is 1. The number of hydrogen-bond acceptors (Lipinski definition) is 5. The second-order valence-electron chi connectivity index (χ2n) is 8.40. The molecule has 6 nitrogen and oxygen atoms in total. The minimum atomic E-state index is -0.563. The molecule has 0 bridgehead atoms. The summed E-state index contributed by atoms with van der Waals surface area (Å²) in [6.45, 7) is 1.14. The van der Waals surface area contributed by atoms with Crippen LogP contribution in [0, 0.1) is 0 Å². The van der Waals surface area contributed by atoms with E-state index in [1.807, 2.05) is 76.7 Å². The summed E-state index contributed by atoms with van der Waals surface area (Å²) in [5.74, 6) is 0.0922. The molecular formula is C28H29ClN4O2S. The van der Waals surface area contributed by atoms with Gasteiger partial charge in [0.1, 0.15) is 11.8 Å². The fourth-order valence-electron chi connectivity index (χ4n) is 3.90. The smallest absolute Gasteiger partial charge is 0.243 e. The van der Waals surface area contributed by atoms with E-state index in [-0.39, 0.29) is 11.7 Å². The summed E-state index contributed by atoms with van der Waals surface area (Å²) in [5.41, 5.74) is 9.19. The van der Waals surface area contributed by atoms with E-state index in [1.54, 1.807) is 12.1 Å². The number of hydrogen-bond donors (Lipinski definition) is 3. The van der Waals surface area contributed by atoms with Crippen LogP contribution in [0.5, 0.6) is 5.75 Å². The van der Waals surface area contributed by atoms with E-state index in [0.29, 0.717) is 29.3 Å². The van der Waals surface area contributed by atoms with Gasteiger partial charge in [0, 0.05) is 23.4 Å². The molecule has 1 heterocycles. The monoisotopic (exact) mass is 520 g/mol. The van der Waals surface area contributed by atoms with Crippen molar-refractivity contribution < 1.29 is 9.90 Å². The molecule has 3 aromatic carbocycles. The summed E-state index contributed by atoms with van der Waals surface area (Å²) in [7, 11) is 0. The Balaban J connectivity index is 1.83. The number of benzene rings is 3. The molecule has 4 rings (SSSR count). The number of para-hydroxylation sites is 1. The van der Waals surface area contributed by atoms with Crippen molar-refractivity contribution >= 4 is 34.5 Å². The third-order valence-corrected chi connectivity index (χ3v) is 6.86. The number of aromatic hydroxyl groups is 1. The first-order valence-corrected chi connectivity index (χ1v) is 13.1. The molecule has 0 radical (unpaired) electrons. The Hall–Kier alpha value is -3.39. The van der Waals surface area contributed by atoms with Crippen molar-refractivity contribution in [2.75, 3.05) is 13.1 Å². The Kier molecular flexibility index (Phi) is 8.95. The number of thiazole rings is 1. The highest BCUT2D eigenvalue weighted by molar-refractivity contribution is 7.07. The van der Waals surface area contributed by atoms with Gasteiger partial charge in [0.2, 0.25) is 5.91 Å². The van der Waals surface area contributed by atoms with Crippen LogP contribution >= 0.6 is 22.9 Å². The number of amides is 1. The molecule has 8 heteroatoms. The maximum Gasteiger partial charge on any atom is 0.243 e. The molecule has 0 saturated carbocycles. The highest BCUT2D eigenvalue weighted by Crippen LogP contribution is 2.28. The maximum atomic E-state index is 13.6. The Morgan fingerprint density at radius 1 is 1.03 bits per heavy atom. The van der Waals surface area contributed by atoms with Gasteiger partial charge in [-0.05, 0) is 66.9 Å². The maximum absolute atomic E-state index is 13.6. The van der Waals surface area contributed by atoms with Crippen molar-refractivity contribution in [2.24, 2.45) is 10.7 Å². The molecule has 0 saturated heterocycles. The molecule has 1 amide bonds. The number of nitrogens with one attached hydrogen (secondary N) is 1. The molecule has 4 aromatic rings. The van der Waals surface area contributed by atoms with Crippen molar-refractivity contribution in [1.29, 1.82) is 0 Å². The van der Waals surface area contributed by atoms with Gasteiger partial charge >= 0.3 is 0 Å². The SMILES string of the molecule is NCCCCNC(=O)[C@H](Cc1ccc(O)cc1)n1c(-c2ccc(Cl)cc2)csc1=Nc1ccccc1. The third-order valence-electron chi connectivity index (χ3n) is 5.77. The number of nitrogens with two attached hydrogens (primary N) is 1. The number of halogens is 1. The van der Waals surface area contributed by atoms with Crippen LogP contribution in [0.3, 0.4) is 0 Å². The zero-order valence-electron chi connectivity index (χ0n) is 19.8. The van der Waals surface area contributed by atoms with Gasteiger partial charge in [-0.15, -0.1) is 11.3 Å². The minimum Gasteiger partial charge on any atom is -0.508 e. The van der Waals surface area contributed by atoms with Crippen LogP contribution in [0.2, 0.25) is 5.02 Å². The second kappa shape index (κ2) is 12.5. The number of phenols is 1. The topological polar surface area (TPSA) is 92.6 Å². The minimum absolute atomic E-state index is 0.0942. The second-order valence-corrected chi connectivity index (χ2v) is 9.67. The average Bonchev–Trinajstić information content (AvgIpc) is 3.30. The molecule has 36 heavy (non-hydrogen) atoms. The largest absolute Gasteiger partial charge is 0.508 e. The van der Waals surface area contributed by atoms with Gasteiger partial charge < -0.3 is 20.7 Å². The van der Waals surface area contributed by atoms with Crippen LogP contribution in [-0.4, -0.2) is 28.7 Å². The number of carbonyl (C=O) groups excluding carboxylic acids is 1. The first-order valence-electron chi connectivity index (χ1n) is 11.9. The molecule has 186 valence electrons. The summed E-state index contributed by atoms with van der Waals surface area (Å²) in [4.78, 5) is 19.3. The molecule has 1 atom stereocenters. The van der Waals surface area contributed by atoms with Crippen molar-refractivity contribution in [3.05, 3.63) is 99.6 Å². The Morgan fingerprint density at radius 2 is 1.75 bits per heavy atom. The van der Waals surface area contributed by atoms with Crippen LogP contribution in [0.1, 0.15) is 24.4 Å². The number of rotatable bonds is 10. The summed E-state index contributed by atoms with van der Waals surface area (Å²) < 4.78 is 2.01. The number of unbranched alkanes of at least 4 members (excludes halogenated alkanes) is 1. The number of aromatic nitrogens is 1. The lowest BCUT2D eigenvalue weighted by molar-refractivity contribution is -0.124. The average molecular weight is 521 g/mol. The summed E-state index contributed by atoms with van der Waals surface area (Å²) in [5, 5.41) is 15.5. The van der Waals surface area contributed by atoms with E-state index in [1.165, 1.54) is 11.3 Å². The van der Waals surface area contributed by atoms with Crippen molar-refractivity contribution in [2.45, 2.75) is 25.3 Å². The van der Waals surface area contributed by atoms with E-state index in [0.717, 1.165) is 35.3 Å². The molecule has 0 unspecified atom stereocenters. The fraction of sp³-hybridized carbons (Fsp3) is 0.214. The molecule has 0 spiro atoms. The predicted octanol–water partition coefficient (Wildman–Crippen LogP) is 5.45. The van der Waals surface area contributed by atoms with Crippen LogP contribution < -0.4 is 15.9 Å².